The van der Waals surface area contributed by atoms with Crippen molar-refractivity contribution >= 4 is 23.2 Å². The van der Waals surface area contributed by atoms with Gasteiger partial charge in [-0.3, -0.25) is 4.79 Å². The number of carboxylic acids is 1. The molecule has 2 unspecified atom stereocenters. The average molecular weight is 342 g/mol. The van der Waals surface area contributed by atoms with Crippen molar-refractivity contribution in [2.24, 2.45) is 0 Å². The summed E-state index contributed by atoms with van der Waals surface area (Å²) in [5, 5.41) is 9.09. The van der Waals surface area contributed by atoms with Crippen LogP contribution >= 0.6 is 0 Å². The van der Waals surface area contributed by atoms with Gasteiger partial charge in [-0.25, -0.2) is 13.3 Å². The zero-order valence-electron chi connectivity index (χ0n) is 12.8. The molecule has 1 aromatic rings. The number of methoxy groups -OCH3 is 1. The Kier molecular flexibility index (Phi) is 5.56. The lowest BCUT2D eigenvalue weighted by Gasteiger charge is -2.28. The van der Waals surface area contributed by atoms with Crippen LogP contribution in [0.25, 0.3) is 0 Å². The van der Waals surface area contributed by atoms with Gasteiger partial charge in [-0.05, 0) is 24.6 Å². The molecule has 2 atom stereocenters. The van der Waals surface area contributed by atoms with E-state index in [4.69, 9.17) is 14.6 Å². The molecule has 2 rings (SSSR count). The fourth-order valence-electron chi connectivity index (χ4n) is 2.16. The van der Waals surface area contributed by atoms with Gasteiger partial charge < -0.3 is 14.6 Å². The van der Waals surface area contributed by atoms with Crippen molar-refractivity contribution in [3.63, 3.8) is 0 Å². The van der Waals surface area contributed by atoms with Crippen molar-refractivity contribution in [1.82, 2.24) is 8.61 Å². The SMILES string of the molecule is COc1ccc(C(C)N(CC(=O)O)S(=O)N2CCOC2=O)cc1. The van der Waals surface area contributed by atoms with E-state index in [1.54, 1.807) is 38.3 Å². The Morgan fingerprint density at radius 2 is 2.13 bits per heavy atom. The topological polar surface area (TPSA) is 96.4 Å². The molecule has 1 saturated heterocycles. The maximum absolute atomic E-state index is 12.6. The lowest BCUT2D eigenvalue weighted by atomic mass is 10.1. The first-order chi connectivity index (χ1) is 10.9. The van der Waals surface area contributed by atoms with Gasteiger partial charge in [0.05, 0.1) is 13.7 Å². The number of nitrogens with zero attached hydrogens (tertiary/aromatic N) is 2. The van der Waals surface area contributed by atoms with E-state index < -0.39 is 35.8 Å². The van der Waals surface area contributed by atoms with Gasteiger partial charge in [0.25, 0.3) is 0 Å². The molecule has 1 amide bonds. The summed E-state index contributed by atoms with van der Waals surface area (Å²) in [4.78, 5) is 22.7. The third-order valence-electron chi connectivity index (χ3n) is 3.43. The number of carbonyl (C=O) groups excluding carboxylic acids is 1. The molecule has 23 heavy (non-hydrogen) atoms. The Hall–Kier alpha value is -2.13. The number of amides is 1. The normalized spacial score (nSPS) is 17.0. The van der Waals surface area contributed by atoms with Crippen LogP contribution in [0.15, 0.2) is 24.3 Å². The van der Waals surface area contributed by atoms with E-state index in [1.807, 2.05) is 0 Å². The highest BCUT2D eigenvalue weighted by molar-refractivity contribution is 7.80. The van der Waals surface area contributed by atoms with E-state index >= 15 is 0 Å². The standard InChI is InChI=1S/C14H18N2O6S/c1-10(11-3-5-12(21-2)6-4-11)16(9-13(17)18)23(20)15-7-8-22-14(15)19/h3-6,10H,7-9H2,1-2H3,(H,17,18). The fraction of sp³-hybridized carbons (Fsp3) is 0.429. The van der Waals surface area contributed by atoms with Gasteiger partial charge in [0.2, 0.25) is 11.2 Å². The second kappa shape index (κ2) is 7.42. The van der Waals surface area contributed by atoms with Gasteiger partial charge in [-0.1, -0.05) is 12.1 Å². The molecule has 126 valence electrons. The second-order valence-corrected chi connectivity index (χ2v) is 6.24. The smallest absolute Gasteiger partial charge is 0.422 e. The van der Waals surface area contributed by atoms with Gasteiger partial charge in [0.1, 0.15) is 18.9 Å². The molecule has 1 N–H and O–H groups in total. The van der Waals surface area contributed by atoms with Crippen molar-refractivity contribution in [2.45, 2.75) is 13.0 Å². The van der Waals surface area contributed by atoms with Crippen LogP contribution in [0.1, 0.15) is 18.5 Å². The molecule has 1 aliphatic rings. The summed E-state index contributed by atoms with van der Waals surface area (Å²) in [5.41, 5.74) is 0.757. The maximum Gasteiger partial charge on any atom is 0.422 e. The van der Waals surface area contributed by atoms with Crippen LogP contribution in [0.4, 0.5) is 4.79 Å². The highest BCUT2D eigenvalue weighted by Crippen LogP contribution is 2.25. The van der Waals surface area contributed by atoms with Crippen LogP contribution in [0.3, 0.4) is 0 Å². The molecular formula is C14H18N2O6S. The molecule has 1 fully saturated rings. The average Bonchev–Trinajstić information content (AvgIpc) is 2.97. The van der Waals surface area contributed by atoms with Gasteiger partial charge >= 0.3 is 12.1 Å². The third-order valence-corrected chi connectivity index (χ3v) is 4.99. The van der Waals surface area contributed by atoms with Crippen molar-refractivity contribution in [1.29, 1.82) is 0 Å². The number of rotatable bonds is 7. The van der Waals surface area contributed by atoms with Crippen LogP contribution in [0.2, 0.25) is 0 Å². The Balaban J connectivity index is 2.23. The number of hydrogen-bond donors (Lipinski definition) is 1. The van der Waals surface area contributed by atoms with Gasteiger partial charge in [0, 0.05) is 6.04 Å². The number of aliphatic carboxylic acids is 1. The van der Waals surface area contributed by atoms with Crippen molar-refractivity contribution in [3.05, 3.63) is 29.8 Å². The van der Waals surface area contributed by atoms with Gasteiger partial charge in [-0.2, -0.15) is 4.31 Å². The predicted molar refractivity (Wildman–Crippen MR) is 81.9 cm³/mol. The summed E-state index contributed by atoms with van der Waals surface area (Å²) in [5.74, 6) is -0.471. The zero-order chi connectivity index (χ0) is 17.0. The molecular weight excluding hydrogens is 324 g/mol. The molecule has 1 aliphatic heterocycles. The Bertz CT molecular complexity index is 606. The molecule has 8 nitrogen and oxygen atoms in total. The highest BCUT2D eigenvalue weighted by atomic mass is 32.2. The number of carbonyl (C=O) groups is 2. The molecule has 0 saturated carbocycles. The predicted octanol–water partition coefficient (Wildman–Crippen LogP) is 1.17. The summed E-state index contributed by atoms with van der Waals surface area (Å²) in [6.45, 7) is 1.56. The minimum Gasteiger partial charge on any atom is -0.497 e. The molecule has 1 heterocycles. The van der Waals surface area contributed by atoms with Crippen LogP contribution in [0, 0.1) is 0 Å². The van der Waals surface area contributed by atoms with Crippen LogP contribution in [-0.4, -0.2) is 56.8 Å². The van der Waals surface area contributed by atoms with Crippen LogP contribution in [0.5, 0.6) is 5.75 Å². The van der Waals surface area contributed by atoms with E-state index in [0.29, 0.717) is 5.75 Å². The highest BCUT2D eigenvalue weighted by Gasteiger charge is 2.35. The Labute approximate surface area is 136 Å². The van der Waals surface area contributed by atoms with E-state index in [-0.39, 0.29) is 13.2 Å². The molecule has 0 radical (unpaired) electrons. The van der Waals surface area contributed by atoms with Crippen molar-refractivity contribution < 1.29 is 28.4 Å². The molecule has 0 aromatic heterocycles. The number of cyclic esters (lactones) is 1. The quantitative estimate of drug-likeness (QED) is 0.799. The van der Waals surface area contributed by atoms with Crippen molar-refractivity contribution in [3.8, 4) is 5.75 Å². The third kappa shape index (κ3) is 3.99. The molecule has 0 spiro atoms. The van der Waals surface area contributed by atoms with Gasteiger partial charge in [0.15, 0.2) is 0 Å². The zero-order valence-corrected chi connectivity index (χ0v) is 13.6. The van der Waals surface area contributed by atoms with E-state index in [0.717, 1.165) is 9.87 Å². The van der Waals surface area contributed by atoms with Crippen LogP contribution < -0.4 is 4.74 Å². The molecule has 1 aromatic carbocycles. The van der Waals surface area contributed by atoms with E-state index in [9.17, 15) is 13.8 Å². The second-order valence-electron chi connectivity index (χ2n) is 4.87. The summed E-state index contributed by atoms with van der Waals surface area (Å²) in [6, 6.07) is 6.51. The van der Waals surface area contributed by atoms with E-state index in [1.165, 1.54) is 4.31 Å². The minimum atomic E-state index is -1.94. The summed E-state index contributed by atoms with van der Waals surface area (Å²) >= 11 is -1.94. The summed E-state index contributed by atoms with van der Waals surface area (Å²) in [7, 11) is 1.54. The fourth-order valence-corrected chi connectivity index (χ4v) is 3.43. The monoisotopic (exact) mass is 342 g/mol. The molecule has 9 heteroatoms. The molecule has 0 aliphatic carbocycles. The maximum atomic E-state index is 12.6. The first-order valence-corrected chi connectivity index (χ1v) is 7.99. The molecule has 0 bridgehead atoms. The van der Waals surface area contributed by atoms with Crippen molar-refractivity contribution in [2.75, 3.05) is 26.8 Å². The summed E-state index contributed by atoms with van der Waals surface area (Å²) in [6.07, 6.45) is -0.708. The lowest BCUT2D eigenvalue weighted by Crippen LogP contribution is -2.43. The minimum absolute atomic E-state index is 0.141. The van der Waals surface area contributed by atoms with E-state index in [2.05, 4.69) is 0 Å². The number of ether oxygens (including phenoxy) is 2. The first-order valence-electron chi connectivity index (χ1n) is 6.92. The first kappa shape index (κ1) is 17.2. The largest absolute Gasteiger partial charge is 0.497 e. The van der Waals surface area contributed by atoms with Crippen LogP contribution in [-0.2, 0) is 20.7 Å². The number of hydrogen-bond acceptors (Lipinski definition) is 5. The number of benzene rings is 1. The summed E-state index contributed by atoms with van der Waals surface area (Å²) < 4.78 is 24.7. The Morgan fingerprint density at radius 1 is 1.48 bits per heavy atom. The van der Waals surface area contributed by atoms with Gasteiger partial charge in [-0.15, -0.1) is 0 Å². The number of carboxylic acid groups (broad SMARTS) is 1. The lowest BCUT2D eigenvalue weighted by molar-refractivity contribution is -0.137. The Morgan fingerprint density at radius 3 is 2.61 bits per heavy atom.